The SMILES string of the molecule is CC1CC1NCC1(CN)CCOCC1. The molecule has 0 aromatic carbocycles. The zero-order valence-corrected chi connectivity index (χ0v) is 9.09. The molecule has 0 aromatic heterocycles. The van der Waals surface area contributed by atoms with Gasteiger partial charge in [-0.25, -0.2) is 0 Å². The minimum Gasteiger partial charge on any atom is -0.381 e. The lowest BCUT2D eigenvalue weighted by Gasteiger charge is -2.36. The highest BCUT2D eigenvalue weighted by Crippen LogP contribution is 2.33. The maximum Gasteiger partial charge on any atom is 0.0472 e. The summed E-state index contributed by atoms with van der Waals surface area (Å²) in [4.78, 5) is 0. The van der Waals surface area contributed by atoms with E-state index in [1.165, 1.54) is 6.42 Å². The first kappa shape index (κ1) is 10.4. The molecule has 82 valence electrons. The fraction of sp³-hybridized carbons (Fsp3) is 1.00. The lowest BCUT2D eigenvalue weighted by molar-refractivity contribution is 0.0189. The molecule has 2 atom stereocenters. The molecule has 1 saturated heterocycles. The van der Waals surface area contributed by atoms with Crippen molar-refractivity contribution in [3.63, 3.8) is 0 Å². The summed E-state index contributed by atoms with van der Waals surface area (Å²) in [7, 11) is 0. The van der Waals surface area contributed by atoms with Crippen molar-refractivity contribution in [3.05, 3.63) is 0 Å². The molecule has 2 unspecified atom stereocenters. The van der Waals surface area contributed by atoms with Crippen molar-refractivity contribution in [2.24, 2.45) is 17.1 Å². The van der Waals surface area contributed by atoms with Gasteiger partial charge in [0, 0.05) is 25.8 Å². The molecular formula is C11H22N2O. The van der Waals surface area contributed by atoms with Gasteiger partial charge in [0.05, 0.1) is 0 Å². The number of nitrogens with two attached hydrogens (primary N) is 1. The van der Waals surface area contributed by atoms with Crippen LogP contribution in [0.1, 0.15) is 26.2 Å². The van der Waals surface area contributed by atoms with Crippen molar-refractivity contribution in [1.82, 2.24) is 5.32 Å². The molecule has 14 heavy (non-hydrogen) atoms. The summed E-state index contributed by atoms with van der Waals surface area (Å²) in [6.45, 7) is 5.96. The number of rotatable bonds is 4. The minimum atomic E-state index is 0.320. The van der Waals surface area contributed by atoms with Crippen molar-refractivity contribution < 1.29 is 4.74 Å². The van der Waals surface area contributed by atoms with Crippen LogP contribution in [0.5, 0.6) is 0 Å². The molecule has 3 N–H and O–H groups in total. The van der Waals surface area contributed by atoms with E-state index < -0.39 is 0 Å². The molecule has 1 aliphatic carbocycles. The molecule has 0 aromatic rings. The smallest absolute Gasteiger partial charge is 0.0472 e. The van der Waals surface area contributed by atoms with E-state index in [0.29, 0.717) is 5.41 Å². The van der Waals surface area contributed by atoms with Crippen LogP contribution < -0.4 is 11.1 Å². The number of hydrogen-bond acceptors (Lipinski definition) is 3. The Bertz CT molecular complexity index is 190. The average Bonchev–Trinajstić information content (AvgIpc) is 2.93. The molecule has 2 aliphatic rings. The van der Waals surface area contributed by atoms with Gasteiger partial charge in [-0.3, -0.25) is 0 Å². The van der Waals surface area contributed by atoms with Crippen LogP contribution >= 0.6 is 0 Å². The fourth-order valence-electron chi connectivity index (χ4n) is 2.21. The summed E-state index contributed by atoms with van der Waals surface area (Å²) in [5.74, 6) is 0.879. The summed E-state index contributed by atoms with van der Waals surface area (Å²) in [5, 5.41) is 3.63. The Morgan fingerprint density at radius 3 is 2.57 bits per heavy atom. The molecule has 0 amide bonds. The number of nitrogens with one attached hydrogen (secondary N) is 1. The lowest BCUT2D eigenvalue weighted by Crippen LogP contribution is -2.45. The highest BCUT2D eigenvalue weighted by molar-refractivity contribution is 4.93. The van der Waals surface area contributed by atoms with Gasteiger partial charge in [0.25, 0.3) is 0 Å². The molecule has 2 fully saturated rings. The van der Waals surface area contributed by atoms with Crippen LogP contribution in [0.25, 0.3) is 0 Å². The van der Waals surface area contributed by atoms with Crippen LogP contribution in [0.3, 0.4) is 0 Å². The molecule has 1 heterocycles. The van der Waals surface area contributed by atoms with Crippen LogP contribution in [-0.4, -0.2) is 32.3 Å². The second-order valence-electron chi connectivity index (χ2n) is 5.02. The lowest BCUT2D eigenvalue weighted by atomic mass is 9.80. The van der Waals surface area contributed by atoms with Gasteiger partial charge in [-0.1, -0.05) is 6.92 Å². The van der Waals surface area contributed by atoms with E-state index in [1.807, 2.05) is 0 Å². The highest BCUT2D eigenvalue weighted by atomic mass is 16.5. The first-order valence-electron chi connectivity index (χ1n) is 5.77. The van der Waals surface area contributed by atoms with E-state index in [9.17, 15) is 0 Å². The second kappa shape index (κ2) is 4.17. The van der Waals surface area contributed by atoms with Gasteiger partial charge >= 0.3 is 0 Å². The zero-order chi connectivity index (χ0) is 10.0. The van der Waals surface area contributed by atoms with E-state index in [1.54, 1.807) is 0 Å². The normalized spacial score (nSPS) is 35.6. The monoisotopic (exact) mass is 198 g/mol. The standard InChI is InChI=1S/C11H22N2O/c1-9-6-10(9)13-8-11(7-12)2-4-14-5-3-11/h9-10,13H,2-8,12H2,1H3. The third kappa shape index (κ3) is 2.27. The van der Waals surface area contributed by atoms with Crippen LogP contribution in [0, 0.1) is 11.3 Å². The van der Waals surface area contributed by atoms with Gasteiger partial charge < -0.3 is 15.8 Å². The maximum atomic E-state index is 5.88. The van der Waals surface area contributed by atoms with E-state index >= 15 is 0 Å². The van der Waals surface area contributed by atoms with Gasteiger partial charge in [-0.2, -0.15) is 0 Å². The summed E-state index contributed by atoms with van der Waals surface area (Å²) >= 11 is 0. The summed E-state index contributed by atoms with van der Waals surface area (Å²) < 4.78 is 5.39. The fourth-order valence-corrected chi connectivity index (χ4v) is 2.21. The van der Waals surface area contributed by atoms with Crippen LogP contribution in [0.15, 0.2) is 0 Å². The van der Waals surface area contributed by atoms with Crippen LogP contribution in [-0.2, 0) is 4.74 Å². The molecule has 2 rings (SSSR count). The summed E-state index contributed by atoms with van der Waals surface area (Å²) in [5.41, 5.74) is 6.20. The first-order valence-corrected chi connectivity index (χ1v) is 5.77. The Hall–Kier alpha value is -0.120. The van der Waals surface area contributed by atoms with E-state index in [4.69, 9.17) is 10.5 Å². The Morgan fingerprint density at radius 2 is 2.07 bits per heavy atom. The first-order chi connectivity index (χ1) is 6.76. The zero-order valence-electron chi connectivity index (χ0n) is 9.09. The molecule has 1 saturated carbocycles. The number of ether oxygens (including phenoxy) is 1. The minimum absolute atomic E-state index is 0.320. The second-order valence-corrected chi connectivity index (χ2v) is 5.02. The third-order valence-electron chi connectivity index (χ3n) is 3.84. The van der Waals surface area contributed by atoms with Gasteiger partial charge in [-0.05, 0) is 37.1 Å². The van der Waals surface area contributed by atoms with Crippen LogP contribution in [0.4, 0.5) is 0 Å². The maximum absolute atomic E-state index is 5.88. The predicted octanol–water partition coefficient (Wildman–Crippen LogP) is 0.740. The Kier molecular flexibility index (Phi) is 3.10. The quantitative estimate of drug-likeness (QED) is 0.700. The van der Waals surface area contributed by atoms with E-state index in [2.05, 4.69) is 12.2 Å². The predicted molar refractivity (Wildman–Crippen MR) is 57.1 cm³/mol. The molecule has 3 nitrogen and oxygen atoms in total. The van der Waals surface area contributed by atoms with Gasteiger partial charge in [0.15, 0.2) is 0 Å². The highest BCUT2D eigenvalue weighted by Gasteiger charge is 2.36. The Morgan fingerprint density at radius 1 is 1.43 bits per heavy atom. The average molecular weight is 198 g/mol. The molecule has 3 heteroatoms. The molecule has 0 bridgehead atoms. The Balaban J connectivity index is 1.78. The van der Waals surface area contributed by atoms with Gasteiger partial charge in [0.2, 0.25) is 0 Å². The molecule has 0 radical (unpaired) electrons. The summed E-state index contributed by atoms with van der Waals surface area (Å²) in [6, 6.07) is 0.765. The third-order valence-corrected chi connectivity index (χ3v) is 3.84. The van der Waals surface area contributed by atoms with Crippen molar-refractivity contribution in [1.29, 1.82) is 0 Å². The molecular weight excluding hydrogens is 176 g/mol. The summed E-state index contributed by atoms with van der Waals surface area (Å²) in [6.07, 6.45) is 3.59. The van der Waals surface area contributed by atoms with E-state index in [0.717, 1.165) is 51.1 Å². The van der Waals surface area contributed by atoms with Crippen molar-refractivity contribution >= 4 is 0 Å². The molecule has 0 spiro atoms. The largest absolute Gasteiger partial charge is 0.381 e. The van der Waals surface area contributed by atoms with Gasteiger partial charge in [-0.15, -0.1) is 0 Å². The number of hydrogen-bond donors (Lipinski definition) is 2. The topological polar surface area (TPSA) is 47.3 Å². The van der Waals surface area contributed by atoms with Crippen LogP contribution in [0.2, 0.25) is 0 Å². The Labute approximate surface area is 86.4 Å². The van der Waals surface area contributed by atoms with Crippen molar-refractivity contribution in [2.45, 2.75) is 32.2 Å². The van der Waals surface area contributed by atoms with Crippen molar-refractivity contribution in [2.75, 3.05) is 26.3 Å². The van der Waals surface area contributed by atoms with E-state index in [-0.39, 0.29) is 0 Å². The molecule has 1 aliphatic heterocycles. The van der Waals surface area contributed by atoms with Gasteiger partial charge in [0.1, 0.15) is 0 Å². The van der Waals surface area contributed by atoms with Crippen molar-refractivity contribution in [3.8, 4) is 0 Å².